The molecule has 122 valence electrons. The van der Waals surface area contributed by atoms with Gasteiger partial charge in [-0.15, -0.1) is 11.3 Å². The molecule has 23 heavy (non-hydrogen) atoms. The Labute approximate surface area is 141 Å². The zero-order chi connectivity index (χ0) is 16.1. The molecule has 3 rings (SSSR count). The molecule has 0 spiro atoms. The SMILES string of the molecule is NCc1nc(C(=O)N(CCc2ccccc2)C2CCCC2)cs1. The predicted octanol–water partition coefficient (Wildman–Crippen LogP) is 3.23. The average Bonchev–Trinajstić information content (AvgIpc) is 3.27. The van der Waals surface area contributed by atoms with E-state index < -0.39 is 0 Å². The van der Waals surface area contributed by atoms with Crippen LogP contribution in [0.15, 0.2) is 35.7 Å². The van der Waals surface area contributed by atoms with E-state index >= 15 is 0 Å². The fraction of sp³-hybridized carbons (Fsp3) is 0.444. The zero-order valence-electron chi connectivity index (χ0n) is 13.3. The van der Waals surface area contributed by atoms with Gasteiger partial charge in [-0.3, -0.25) is 4.79 Å². The van der Waals surface area contributed by atoms with Crippen LogP contribution in [0.4, 0.5) is 0 Å². The Morgan fingerprint density at radius 1 is 1.26 bits per heavy atom. The molecule has 2 aromatic rings. The number of rotatable bonds is 6. The number of nitrogens with zero attached hydrogens (tertiary/aromatic N) is 2. The van der Waals surface area contributed by atoms with Crippen molar-refractivity contribution in [1.29, 1.82) is 0 Å². The maximum absolute atomic E-state index is 12.9. The third-order valence-electron chi connectivity index (χ3n) is 4.46. The lowest BCUT2D eigenvalue weighted by molar-refractivity contribution is 0.0678. The smallest absolute Gasteiger partial charge is 0.273 e. The summed E-state index contributed by atoms with van der Waals surface area (Å²) in [4.78, 5) is 19.3. The van der Waals surface area contributed by atoms with E-state index in [4.69, 9.17) is 5.73 Å². The minimum absolute atomic E-state index is 0.0591. The van der Waals surface area contributed by atoms with Crippen LogP contribution in [-0.2, 0) is 13.0 Å². The zero-order valence-corrected chi connectivity index (χ0v) is 14.1. The number of benzene rings is 1. The Morgan fingerprint density at radius 3 is 2.65 bits per heavy atom. The maximum atomic E-state index is 12.9. The molecular formula is C18H23N3OS. The third-order valence-corrected chi connectivity index (χ3v) is 5.33. The van der Waals surface area contributed by atoms with Crippen LogP contribution in [0.5, 0.6) is 0 Å². The molecule has 1 aliphatic carbocycles. The molecule has 0 radical (unpaired) electrons. The highest BCUT2D eigenvalue weighted by molar-refractivity contribution is 7.09. The van der Waals surface area contributed by atoms with Gasteiger partial charge in [-0.05, 0) is 24.8 Å². The van der Waals surface area contributed by atoms with E-state index in [1.54, 1.807) is 0 Å². The van der Waals surface area contributed by atoms with Crippen molar-refractivity contribution >= 4 is 17.2 Å². The van der Waals surface area contributed by atoms with Crippen molar-refractivity contribution in [3.05, 3.63) is 52.0 Å². The second-order valence-corrected chi connectivity index (χ2v) is 6.95. The van der Waals surface area contributed by atoms with Gasteiger partial charge in [0.2, 0.25) is 0 Å². The molecule has 2 N–H and O–H groups in total. The highest BCUT2D eigenvalue weighted by Crippen LogP contribution is 2.25. The number of carbonyl (C=O) groups is 1. The van der Waals surface area contributed by atoms with Gasteiger partial charge in [-0.2, -0.15) is 0 Å². The lowest BCUT2D eigenvalue weighted by Gasteiger charge is -2.28. The molecule has 1 aromatic carbocycles. The number of aromatic nitrogens is 1. The first-order chi connectivity index (χ1) is 11.3. The van der Waals surface area contributed by atoms with Crippen LogP contribution in [0.3, 0.4) is 0 Å². The van der Waals surface area contributed by atoms with Gasteiger partial charge < -0.3 is 10.6 Å². The molecular weight excluding hydrogens is 306 g/mol. The van der Waals surface area contributed by atoms with Gasteiger partial charge in [0.1, 0.15) is 10.7 Å². The molecule has 5 heteroatoms. The van der Waals surface area contributed by atoms with Crippen LogP contribution in [-0.4, -0.2) is 28.4 Å². The first kappa shape index (κ1) is 16.1. The van der Waals surface area contributed by atoms with Crippen LogP contribution >= 0.6 is 11.3 Å². The first-order valence-corrected chi connectivity index (χ1v) is 9.15. The second kappa shape index (κ2) is 7.70. The molecule has 0 aliphatic heterocycles. The summed E-state index contributed by atoms with van der Waals surface area (Å²) >= 11 is 1.47. The standard InChI is InChI=1S/C18H23N3OS/c19-12-17-20-16(13-23-17)18(22)21(15-8-4-5-9-15)11-10-14-6-2-1-3-7-14/h1-3,6-7,13,15H,4-5,8-12,19H2. The monoisotopic (exact) mass is 329 g/mol. The molecule has 0 unspecified atom stereocenters. The van der Waals surface area contributed by atoms with Crippen LogP contribution in [0, 0.1) is 0 Å². The Kier molecular flexibility index (Phi) is 5.41. The van der Waals surface area contributed by atoms with E-state index in [-0.39, 0.29) is 5.91 Å². The summed E-state index contributed by atoms with van der Waals surface area (Å²) in [7, 11) is 0. The normalized spacial score (nSPS) is 15.0. The van der Waals surface area contributed by atoms with Crippen LogP contribution in [0.1, 0.15) is 46.7 Å². The summed E-state index contributed by atoms with van der Waals surface area (Å²) in [6.07, 6.45) is 5.52. The van der Waals surface area contributed by atoms with Gasteiger partial charge in [0.15, 0.2) is 0 Å². The van der Waals surface area contributed by atoms with E-state index in [0.717, 1.165) is 30.8 Å². The quantitative estimate of drug-likeness (QED) is 0.885. The van der Waals surface area contributed by atoms with Gasteiger partial charge in [0.25, 0.3) is 5.91 Å². The molecule has 1 heterocycles. The van der Waals surface area contributed by atoms with Gasteiger partial charge in [0.05, 0.1) is 0 Å². The maximum Gasteiger partial charge on any atom is 0.273 e. The third kappa shape index (κ3) is 3.98. The van der Waals surface area contributed by atoms with E-state index in [1.165, 1.54) is 29.7 Å². The van der Waals surface area contributed by atoms with Crippen LogP contribution in [0.25, 0.3) is 0 Å². The molecule has 0 atom stereocenters. The number of carbonyl (C=O) groups excluding carboxylic acids is 1. The van der Waals surface area contributed by atoms with E-state index in [0.29, 0.717) is 18.3 Å². The van der Waals surface area contributed by atoms with Crippen molar-refractivity contribution < 1.29 is 4.79 Å². The number of nitrogens with two attached hydrogens (primary N) is 1. The topological polar surface area (TPSA) is 59.2 Å². The predicted molar refractivity (Wildman–Crippen MR) is 93.4 cm³/mol. The molecule has 1 fully saturated rings. The highest BCUT2D eigenvalue weighted by atomic mass is 32.1. The minimum atomic E-state index is 0.0591. The Bertz CT molecular complexity index is 635. The summed E-state index contributed by atoms with van der Waals surface area (Å²) in [6.45, 7) is 1.15. The van der Waals surface area contributed by atoms with Crippen molar-refractivity contribution in [3.8, 4) is 0 Å². The van der Waals surface area contributed by atoms with Crippen molar-refractivity contribution in [2.45, 2.75) is 44.7 Å². The summed E-state index contributed by atoms with van der Waals surface area (Å²) in [5.41, 5.74) is 7.44. The summed E-state index contributed by atoms with van der Waals surface area (Å²) in [5.74, 6) is 0.0591. The summed E-state index contributed by atoms with van der Waals surface area (Å²) in [5, 5.41) is 2.66. The van der Waals surface area contributed by atoms with E-state index in [2.05, 4.69) is 17.1 Å². The highest BCUT2D eigenvalue weighted by Gasteiger charge is 2.28. The molecule has 1 amide bonds. The number of amides is 1. The summed E-state index contributed by atoms with van der Waals surface area (Å²) in [6, 6.07) is 10.7. The molecule has 0 saturated heterocycles. The molecule has 1 aromatic heterocycles. The number of hydrogen-bond acceptors (Lipinski definition) is 4. The minimum Gasteiger partial charge on any atom is -0.334 e. The lowest BCUT2D eigenvalue weighted by Crippen LogP contribution is -2.40. The van der Waals surface area contributed by atoms with Gasteiger partial charge in [-0.25, -0.2) is 4.98 Å². The van der Waals surface area contributed by atoms with E-state index in [9.17, 15) is 4.79 Å². The molecule has 1 saturated carbocycles. The molecule has 0 bridgehead atoms. The summed E-state index contributed by atoms with van der Waals surface area (Å²) < 4.78 is 0. The lowest BCUT2D eigenvalue weighted by atomic mass is 10.1. The van der Waals surface area contributed by atoms with Crippen LogP contribution in [0.2, 0.25) is 0 Å². The molecule has 4 nitrogen and oxygen atoms in total. The first-order valence-electron chi connectivity index (χ1n) is 8.27. The number of hydrogen-bond donors (Lipinski definition) is 1. The fourth-order valence-electron chi connectivity index (χ4n) is 3.21. The Morgan fingerprint density at radius 2 is 2.00 bits per heavy atom. The van der Waals surface area contributed by atoms with Gasteiger partial charge in [-0.1, -0.05) is 43.2 Å². The largest absolute Gasteiger partial charge is 0.334 e. The van der Waals surface area contributed by atoms with Crippen molar-refractivity contribution in [1.82, 2.24) is 9.88 Å². The average molecular weight is 329 g/mol. The van der Waals surface area contributed by atoms with Crippen molar-refractivity contribution in [3.63, 3.8) is 0 Å². The van der Waals surface area contributed by atoms with E-state index in [1.807, 2.05) is 28.5 Å². The second-order valence-electron chi connectivity index (χ2n) is 6.00. The van der Waals surface area contributed by atoms with Crippen molar-refractivity contribution in [2.24, 2.45) is 5.73 Å². The van der Waals surface area contributed by atoms with Gasteiger partial charge in [0, 0.05) is 24.5 Å². The number of thiazole rings is 1. The Hall–Kier alpha value is -1.72. The van der Waals surface area contributed by atoms with Gasteiger partial charge >= 0.3 is 0 Å². The fourth-order valence-corrected chi connectivity index (χ4v) is 3.86. The Balaban J connectivity index is 1.73. The van der Waals surface area contributed by atoms with Crippen LogP contribution < -0.4 is 5.73 Å². The molecule has 1 aliphatic rings. The van der Waals surface area contributed by atoms with Crippen molar-refractivity contribution in [2.75, 3.05) is 6.54 Å².